The highest BCUT2D eigenvalue weighted by molar-refractivity contribution is 6.09. The zero-order valence-corrected chi connectivity index (χ0v) is 17.2. The summed E-state index contributed by atoms with van der Waals surface area (Å²) in [7, 11) is 0. The van der Waals surface area contributed by atoms with Crippen LogP contribution in [0.15, 0.2) is 54.9 Å². The molecule has 0 atom stereocenters. The Morgan fingerprint density at radius 1 is 0.793 bits per heavy atom. The molecule has 5 nitrogen and oxygen atoms in total. The maximum absolute atomic E-state index is 12.8. The number of para-hydroxylation sites is 2. The normalized spacial score (nSPS) is 10.5. The largest absolute Gasteiger partial charge is 0.321 e. The smallest absolute Gasteiger partial charge is 0.257 e. The molecule has 3 rings (SSSR count). The van der Waals surface area contributed by atoms with Gasteiger partial charge in [-0.15, -0.1) is 0 Å². The maximum Gasteiger partial charge on any atom is 0.257 e. The van der Waals surface area contributed by atoms with Crippen LogP contribution in [0.4, 0.5) is 11.4 Å². The minimum Gasteiger partial charge on any atom is -0.321 e. The summed E-state index contributed by atoms with van der Waals surface area (Å²) >= 11 is 0. The first-order valence-corrected chi connectivity index (χ1v) is 9.63. The lowest BCUT2D eigenvalue weighted by atomic mass is 10.1. The van der Waals surface area contributed by atoms with Crippen LogP contribution in [0.25, 0.3) is 0 Å². The molecule has 0 aliphatic carbocycles. The number of amides is 2. The van der Waals surface area contributed by atoms with Gasteiger partial charge in [0.15, 0.2) is 0 Å². The average Bonchev–Trinajstić information content (AvgIpc) is 2.72. The fourth-order valence-corrected chi connectivity index (χ4v) is 3.27. The highest BCUT2D eigenvalue weighted by atomic mass is 16.2. The number of carbonyl (C=O) groups excluding carboxylic acids is 2. The first kappa shape index (κ1) is 20.3. The Morgan fingerprint density at radius 3 is 1.83 bits per heavy atom. The summed E-state index contributed by atoms with van der Waals surface area (Å²) in [5, 5.41) is 5.90. The van der Waals surface area contributed by atoms with Crippen LogP contribution in [0, 0.1) is 20.8 Å². The van der Waals surface area contributed by atoms with Gasteiger partial charge in [0.05, 0.1) is 11.1 Å². The van der Waals surface area contributed by atoms with Gasteiger partial charge in [0.2, 0.25) is 0 Å². The molecule has 5 heteroatoms. The molecule has 0 saturated heterocycles. The third-order valence-electron chi connectivity index (χ3n) is 4.96. The predicted octanol–water partition coefficient (Wildman–Crippen LogP) is 5.07. The number of rotatable bonds is 5. The summed E-state index contributed by atoms with van der Waals surface area (Å²) in [5.41, 5.74) is 6.28. The Labute approximate surface area is 171 Å². The molecule has 2 amide bonds. The summed E-state index contributed by atoms with van der Waals surface area (Å²) in [6.45, 7) is 7.89. The van der Waals surface area contributed by atoms with Crippen molar-refractivity contribution in [1.82, 2.24) is 4.98 Å². The fraction of sp³-hybridized carbons (Fsp3) is 0.208. The standard InChI is InChI=1S/C24H25N3O2/c1-5-18-11-7-10-17(4)22(18)27-24(29)20-12-19(13-25-14-20)23(28)26-21-15(2)8-6-9-16(21)3/h6-14H,5H2,1-4H3,(H,26,28)(H,27,29). The van der Waals surface area contributed by atoms with Crippen LogP contribution < -0.4 is 10.6 Å². The molecule has 2 N–H and O–H groups in total. The second-order valence-corrected chi connectivity index (χ2v) is 7.10. The van der Waals surface area contributed by atoms with Gasteiger partial charge in [-0.3, -0.25) is 14.6 Å². The molecule has 0 radical (unpaired) electrons. The van der Waals surface area contributed by atoms with E-state index in [2.05, 4.69) is 15.6 Å². The van der Waals surface area contributed by atoms with Gasteiger partial charge in [-0.2, -0.15) is 0 Å². The molecule has 1 heterocycles. The third kappa shape index (κ3) is 4.51. The number of carbonyl (C=O) groups is 2. The van der Waals surface area contributed by atoms with E-state index in [1.54, 1.807) is 6.07 Å². The van der Waals surface area contributed by atoms with E-state index in [0.29, 0.717) is 11.1 Å². The molecule has 0 spiro atoms. The topological polar surface area (TPSA) is 71.1 Å². The molecule has 1 aromatic heterocycles. The van der Waals surface area contributed by atoms with Crippen LogP contribution >= 0.6 is 0 Å². The number of hydrogen-bond donors (Lipinski definition) is 2. The molecule has 2 aromatic carbocycles. The molecule has 0 aliphatic rings. The Kier molecular flexibility index (Phi) is 6.07. The average molecular weight is 387 g/mol. The number of nitrogens with zero attached hydrogens (tertiary/aromatic N) is 1. The number of hydrogen-bond acceptors (Lipinski definition) is 3. The van der Waals surface area contributed by atoms with E-state index in [1.807, 2.05) is 64.1 Å². The molecule has 0 unspecified atom stereocenters. The van der Waals surface area contributed by atoms with Crippen LogP contribution in [-0.4, -0.2) is 16.8 Å². The van der Waals surface area contributed by atoms with Crippen molar-refractivity contribution in [3.8, 4) is 0 Å². The zero-order chi connectivity index (χ0) is 21.0. The number of benzene rings is 2. The molecule has 148 valence electrons. The minimum atomic E-state index is -0.297. The Hall–Kier alpha value is -3.47. The summed E-state index contributed by atoms with van der Waals surface area (Å²) in [6.07, 6.45) is 3.74. The molecular weight excluding hydrogens is 362 g/mol. The van der Waals surface area contributed by atoms with E-state index < -0.39 is 0 Å². The number of aryl methyl sites for hydroxylation is 4. The monoisotopic (exact) mass is 387 g/mol. The lowest BCUT2D eigenvalue weighted by molar-refractivity contribution is 0.102. The van der Waals surface area contributed by atoms with Crippen LogP contribution in [0.2, 0.25) is 0 Å². The van der Waals surface area contributed by atoms with E-state index in [9.17, 15) is 9.59 Å². The van der Waals surface area contributed by atoms with Gasteiger partial charge in [0.1, 0.15) is 0 Å². The lowest BCUT2D eigenvalue weighted by Crippen LogP contribution is -2.18. The van der Waals surface area contributed by atoms with Crippen molar-refractivity contribution in [2.75, 3.05) is 10.6 Å². The second-order valence-electron chi connectivity index (χ2n) is 7.10. The summed E-state index contributed by atoms with van der Waals surface area (Å²) in [4.78, 5) is 29.6. The summed E-state index contributed by atoms with van der Waals surface area (Å²) in [6, 6.07) is 13.3. The van der Waals surface area contributed by atoms with Crippen LogP contribution in [0.5, 0.6) is 0 Å². The van der Waals surface area contributed by atoms with Crippen LogP contribution in [0.1, 0.15) is 49.9 Å². The van der Waals surface area contributed by atoms with Crippen molar-refractivity contribution in [2.24, 2.45) is 0 Å². The van der Waals surface area contributed by atoms with Gasteiger partial charge >= 0.3 is 0 Å². The third-order valence-corrected chi connectivity index (χ3v) is 4.96. The predicted molar refractivity (Wildman–Crippen MR) is 117 cm³/mol. The molecular formula is C24H25N3O2. The van der Waals surface area contributed by atoms with Crippen molar-refractivity contribution in [3.63, 3.8) is 0 Å². The quantitative estimate of drug-likeness (QED) is 0.642. The van der Waals surface area contributed by atoms with Crippen molar-refractivity contribution in [3.05, 3.63) is 88.2 Å². The van der Waals surface area contributed by atoms with E-state index in [1.165, 1.54) is 12.4 Å². The molecule has 0 aliphatic heterocycles. The van der Waals surface area contributed by atoms with Gasteiger partial charge in [-0.1, -0.05) is 43.3 Å². The highest BCUT2D eigenvalue weighted by Crippen LogP contribution is 2.23. The molecule has 0 bridgehead atoms. The number of nitrogens with one attached hydrogen (secondary N) is 2. The number of anilines is 2. The minimum absolute atomic E-state index is 0.289. The van der Waals surface area contributed by atoms with E-state index in [-0.39, 0.29) is 11.8 Å². The van der Waals surface area contributed by atoms with E-state index in [4.69, 9.17) is 0 Å². The molecule has 0 saturated carbocycles. The Balaban J connectivity index is 1.82. The first-order chi connectivity index (χ1) is 13.9. The van der Waals surface area contributed by atoms with Crippen molar-refractivity contribution < 1.29 is 9.59 Å². The van der Waals surface area contributed by atoms with Crippen molar-refractivity contribution >= 4 is 23.2 Å². The van der Waals surface area contributed by atoms with Gasteiger partial charge in [-0.05, 0) is 55.5 Å². The second kappa shape index (κ2) is 8.69. The van der Waals surface area contributed by atoms with Gasteiger partial charge in [0, 0.05) is 23.8 Å². The summed E-state index contributed by atoms with van der Waals surface area (Å²) < 4.78 is 0. The molecule has 0 fully saturated rings. The van der Waals surface area contributed by atoms with Gasteiger partial charge in [0.25, 0.3) is 11.8 Å². The van der Waals surface area contributed by atoms with Crippen LogP contribution in [-0.2, 0) is 6.42 Å². The molecule has 3 aromatic rings. The number of pyridine rings is 1. The van der Waals surface area contributed by atoms with Crippen LogP contribution in [0.3, 0.4) is 0 Å². The van der Waals surface area contributed by atoms with Gasteiger partial charge in [-0.25, -0.2) is 0 Å². The first-order valence-electron chi connectivity index (χ1n) is 9.63. The Morgan fingerprint density at radius 2 is 1.28 bits per heavy atom. The van der Waals surface area contributed by atoms with Crippen molar-refractivity contribution in [2.45, 2.75) is 34.1 Å². The Bertz CT molecular complexity index is 1050. The van der Waals surface area contributed by atoms with E-state index >= 15 is 0 Å². The fourth-order valence-electron chi connectivity index (χ4n) is 3.27. The van der Waals surface area contributed by atoms with E-state index in [0.717, 1.165) is 40.0 Å². The summed E-state index contributed by atoms with van der Waals surface area (Å²) in [5.74, 6) is -0.585. The number of aromatic nitrogens is 1. The SMILES string of the molecule is CCc1cccc(C)c1NC(=O)c1cncc(C(=O)Nc2c(C)cccc2C)c1. The van der Waals surface area contributed by atoms with Gasteiger partial charge < -0.3 is 10.6 Å². The van der Waals surface area contributed by atoms with Crippen molar-refractivity contribution in [1.29, 1.82) is 0 Å². The highest BCUT2D eigenvalue weighted by Gasteiger charge is 2.15. The zero-order valence-electron chi connectivity index (χ0n) is 17.2. The lowest BCUT2D eigenvalue weighted by Gasteiger charge is -2.14. The molecule has 29 heavy (non-hydrogen) atoms. The maximum atomic E-state index is 12.8.